The second-order valence-electron chi connectivity index (χ2n) is 15.2. The zero-order valence-corrected chi connectivity index (χ0v) is 31.2. The standard InChI is InChI=1S/C52H32N4O2/c1-2-10-32(11-3-1)55-44-17-6-4-13-34(44)43-27-41(39-15-8-14-37-35-22-24-53-29-49(35)57-51(37)39)40(28-48(43)55)31-20-21-46-42(26-31)33-12-5-7-18-45(33)56(46)47-19-9-16-38-36-23-25-54-30-50(36)58-52(38)47/h1-21,23,25-30H,22,24H2. The van der Waals surface area contributed by atoms with Gasteiger partial charge in [-0.3, -0.25) is 9.98 Å². The van der Waals surface area contributed by atoms with Gasteiger partial charge in [-0.05, 0) is 83.8 Å². The lowest BCUT2D eigenvalue weighted by molar-refractivity contribution is 0.599. The number of para-hydroxylation sites is 5. The topological polar surface area (TPSA) is 61.4 Å². The molecule has 1 aliphatic heterocycles. The van der Waals surface area contributed by atoms with Crippen LogP contribution in [0, 0.1) is 0 Å². The van der Waals surface area contributed by atoms with Crippen LogP contribution in [0.4, 0.5) is 0 Å². The second-order valence-corrected chi connectivity index (χ2v) is 15.2. The predicted molar refractivity (Wildman–Crippen MR) is 237 cm³/mol. The van der Waals surface area contributed by atoms with Crippen LogP contribution in [-0.2, 0) is 6.42 Å². The first-order chi connectivity index (χ1) is 28.8. The number of rotatable bonds is 4. The largest absolute Gasteiger partial charge is 0.454 e. The van der Waals surface area contributed by atoms with E-state index in [0.717, 1.165) is 102 Å². The van der Waals surface area contributed by atoms with Crippen LogP contribution in [0.2, 0.25) is 0 Å². The molecule has 0 bridgehead atoms. The van der Waals surface area contributed by atoms with Crippen molar-refractivity contribution in [3.8, 4) is 33.6 Å². The first kappa shape index (κ1) is 31.5. The fourth-order valence-electron chi connectivity index (χ4n) is 9.63. The van der Waals surface area contributed by atoms with E-state index >= 15 is 0 Å². The van der Waals surface area contributed by atoms with E-state index in [0.29, 0.717) is 0 Å². The monoisotopic (exact) mass is 744 g/mol. The Morgan fingerprint density at radius 3 is 2.10 bits per heavy atom. The van der Waals surface area contributed by atoms with E-state index < -0.39 is 0 Å². The highest BCUT2D eigenvalue weighted by atomic mass is 16.3. The maximum atomic E-state index is 6.71. The van der Waals surface area contributed by atoms with E-state index in [-0.39, 0.29) is 0 Å². The van der Waals surface area contributed by atoms with Crippen molar-refractivity contribution in [2.75, 3.05) is 6.54 Å². The predicted octanol–water partition coefficient (Wildman–Crippen LogP) is 13.2. The lowest BCUT2D eigenvalue weighted by Gasteiger charge is -2.15. The third-order valence-electron chi connectivity index (χ3n) is 12.2. The summed E-state index contributed by atoms with van der Waals surface area (Å²) in [4.78, 5) is 8.90. The summed E-state index contributed by atoms with van der Waals surface area (Å²) in [5.41, 5.74) is 14.9. The van der Waals surface area contributed by atoms with Gasteiger partial charge >= 0.3 is 0 Å². The highest BCUT2D eigenvalue weighted by Gasteiger charge is 2.24. The fraction of sp³-hybridized carbons (Fsp3) is 0.0385. The molecule has 5 aromatic heterocycles. The quantitative estimate of drug-likeness (QED) is 0.180. The van der Waals surface area contributed by atoms with Crippen molar-refractivity contribution in [1.82, 2.24) is 14.1 Å². The van der Waals surface area contributed by atoms with E-state index in [1.807, 2.05) is 18.5 Å². The lowest BCUT2D eigenvalue weighted by Crippen LogP contribution is -1.99. The molecule has 6 nitrogen and oxygen atoms in total. The minimum atomic E-state index is 0.776. The highest BCUT2D eigenvalue weighted by molar-refractivity contribution is 6.16. The number of hydrogen-bond donors (Lipinski definition) is 0. The number of hydrogen-bond acceptors (Lipinski definition) is 4. The Bertz CT molecular complexity index is 3690. The molecule has 1 aliphatic rings. The molecule has 0 atom stereocenters. The zero-order chi connectivity index (χ0) is 37.9. The average molecular weight is 745 g/mol. The minimum Gasteiger partial charge on any atom is -0.454 e. The van der Waals surface area contributed by atoms with Gasteiger partial charge in [0.2, 0.25) is 0 Å². The molecular formula is C52H32N4O2. The van der Waals surface area contributed by atoms with Gasteiger partial charge in [-0.2, -0.15) is 0 Å². The first-order valence-corrected chi connectivity index (χ1v) is 19.7. The summed E-state index contributed by atoms with van der Waals surface area (Å²) >= 11 is 0. The van der Waals surface area contributed by atoms with Crippen molar-refractivity contribution in [2.45, 2.75) is 6.42 Å². The van der Waals surface area contributed by atoms with Crippen LogP contribution in [0.25, 0.3) is 110 Å². The molecule has 58 heavy (non-hydrogen) atoms. The Morgan fingerprint density at radius 2 is 1.22 bits per heavy atom. The van der Waals surface area contributed by atoms with Crippen molar-refractivity contribution in [1.29, 1.82) is 0 Å². The Balaban J connectivity index is 1.12. The number of fused-ring (bicyclic) bond motifs is 12. The number of pyridine rings is 1. The molecular weight excluding hydrogens is 713 g/mol. The Hall–Kier alpha value is -7.70. The lowest BCUT2D eigenvalue weighted by atomic mass is 9.90. The smallest absolute Gasteiger partial charge is 0.159 e. The Labute approximate surface area is 331 Å². The summed E-state index contributed by atoms with van der Waals surface area (Å²) in [6, 6.07) is 54.8. The number of nitrogens with zero attached hydrogens (tertiary/aromatic N) is 4. The van der Waals surface area contributed by atoms with E-state index in [1.165, 1.54) is 32.6 Å². The molecule has 0 amide bonds. The first-order valence-electron chi connectivity index (χ1n) is 19.7. The molecule has 7 aromatic carbocycles. The van der Waals surface area contributed by atoms with Crippen LogP contribution in [-0.4, -0.2) is 26.9 Å². The van der Waals surface area contributed by atoms with Crippen LogP contribution in [0.3, 0.4) is 0 Å². The van der Waals surface area contributed by atoms with Gasteiger partial charge in [-0.15, -0.1) is 0 Å². The van der Waals surface area contributed by atoms with Crippen molar-refractivity contribution >= 4 is 82.7 Å². The summed E-state index contributed by atoms with van der Waals surface area (Å²) in [7, 11) is 0. The van der Waals surface area contributed by atoms with E-state index in [2.05, 4.69) is 165 Å². The molecule has 13 rings (SSSR count). The van der Waals surface area contributed by atoms with Crippen molar-refractivity contribution < 1.29 is 8.83 Å². The van der Waals surface area contributed by atoms with Crippen LogP contribution < -0.4 is 0 Å². The Kier molecular flexibility index (Phi) is 6.46. The molecule has 0 N–H and O–H groups in total. The molecule has 0 radical (unpaired) electrons. The summed E-state index contributed by atoms with van der Waals surface area (Å²) in [5.74, 6) is 0.863. The van der Waals surface area contributed by atoms with Gasteiger partial charge in [0.25, 0.3) is 0 Å². The number of aliphatic imine (C=N–C) groups is 1. The van der Waals surface area contributed by atoms with Gasteiger partial charge < -0.3 is 18.0 Å². The van der Waals surface area contributed by atoms with Crippen LogP contribution in [0.1, 0.15) is 11.3 Å². The van der Waals surface area contributed by atoms with Crippen LogP contribution in [0.5, 0.6) is 0 Å². The number of aromatic nitrogens is 3. The molecule has 0 saturated heterocycles. The third kappa shape index (κ3) is 4.37. The average Bonchev–Trinajstić information content (AvgIpc) is 4.04. The molecule has 0 aliphatic carbocycles. The molecule has 12 aromatic rings. The van der Waals surface area contributed by atoms with Crippen molar-refractivity contribution in [3.63, 3.8) is 0 Å². The third-order valence-corrected chi connectivity index (χ3v) is 12.2. The van der Waals surface area contributed by atoms with E-state index in [1.54, 1.807) is 6.20 Å². The van der Waals surface area contributed by atoms with Gasteiger partial charge in [0.1, 0.15) is 11.3 Å². The molecule has 0 saturated carbocycles. The normalized spacial score (nSPS) is 13.0. The van der Waals surface area contributed by atoms with E-state index in [4.69, 9.17) is 8.83 Å². The van der Waals surface area contributed by atoms with Gasteiger partial charge in [0, 0.05) is 67.3 Å². The maximum Gasteiger partial charge on any atom is 0.159 e. The highest BCUT2D eigenvalue weighted by Crippen LogP contribution is 2.46. The summed E-state index contributed by atoms with van der Waals surface area (Å²) in [6.07, 6.45) is 6.39. The van der Waals surface area contributed by atoms with Gasteiger partial charge in [-0.1, -0.05) is 91.0 Å². The molecule has 0 spiro atoms. The molecule has 6 heteroatoms. The van der Waals surface area contributed by atoms with Crippen LogP contribution in [0.15, 0.2) is 178 Å². The van der Waals surface area contributed by atoms with Gasteiger partial charge in [0.15, 0.2) is 11.2 Å². The molecule has 272 valence electrons. The summed E-state index contributed by atoms with van der Waals surface area (Å²) in [6.45, 7) is 0.776. The summed E-state index contributed by atoms with van der Waals surface area (Å²) in [5, 5.41) is 8.04. The number of benzene rings is 7. The zero-order valence-electron chi connectivity index (χ0n) is 31.2. The van der Waals surface area contributed by atoms with Crippen molar-refractivity contribution in [2.24, 2.45) is 4.99 Å². The molecule has 0 unspecified atom stereocenters. The van der Waals surface area contributed by atoms with Crippen molar-refractivity contribution in [3.05, 3.63) is 175 Å². The second kappa shape index (κ2) is 11.9. The number of furan rings is 2. The van der Waals surface area contributed by atoms with Crippen LogP contribution >= 0.6 is 0 Å². The van der Waals surface area contributed by atoms with Gasteiger partial charge in [-0.25, -0.2) is 0 Å². The maximum absolute atomic E-state index is 6.71. The Morgan fingerprint density at radius 1 is 0.483 bits per heavy atom. The molecule has 0 fully saturated rings. The molecule has 6 heterocycles. The minimum absolute atomic E-state index is 0.776. The van der Waals surface area contributed by atoms with E-state index in [9.17, 15) is 0 Å². The van der Waals surface area contributed by atoms with Gasteiger partial charge in [0.05, 0.1) is 40.2 Å². The summed E-state index contributed by atoms with van der Waals surface area (Å²) < 4.78 is 18.0. The SMILES string of the molecule is C1=NCCc2c1oc1c(-c3cc4c5ccccc5n(-c5ccccc5)c4cc3-c3ccc4c(c3)c3ccccc3n4-c3cccc4c3oc3cnccc34)cccc21. The fourth-order valence-corrected chi connectivity index (χ4v) is 9.63.